The molecule has 0 saturated heterocycles. The summed E-state index contributed by atoms with van der Waals surface area (Å²) in [7, 11) is 0. The average Bonchev–Trinajstić information content (AvgIpc) is 2.34. The normalized spacial score (nSPS) is 10.4. The second-order valence-corrected chi connectivity index (χ2v) is 4.35. The van der Waals surface area contributed by atoms with Crippen LogP contribution in [0.4, 0.5) is 4.39 Å². The molecule has 0 aliphatic rings. The standard InChI is InChI=1S/C12H10FN3O2S/c13-9-5-7(11(14)19)1-2-8(9)6-16-4-3-10(17)15-12(16)18/h1-5H,6H2,(H2,14,19)(H,15,17,18). The largest absolute Gasteiger partial charge is 0.389 e. The highest BCUT2D eigenvalue weighted by molar-refractivity contribution is 7.80. The van der Waals surface area contributed by atoms with E-state index in [2.05, 4.69) is 4.98 Å². The Morgan fingerprint density at radius 2 is 2.11 bits per heavy atom. The number of H-pyrrole nitrogens is 1. The molecule has 0 amide bonds. The maximum atomic E-state index is 13.8. The molecule has 0 aliphatic carbocycles. The van der Waals surface area contributed by atoms with Crippen LogP contribution in [-0.2, 0) is 6.54 Å². The summed E-state index contributed by atoms with van der Waals surface area (Å²) in [5.41, 5.74) is 5.03. The Morgan fingerprint density at radius 1 is 1.37 bits per heavy atom. The molecule has 2 rings (SSSR count). The number of thiocarbonyl (C=S) groups is 1. The molecule has 0 bridgehead atoms. The van der Waals surface area contributed by atoms with Crippen molar-refractivity contribution in [2.45, 2.75) is 6.54 Å². The summed E-state index contributed by atoms with van der Waals surface area (Å²) in [4.78, 5) is 24.6. The molecule has 0 atom stereocenters. The smallest absolute Gasteiger partial charge is 0.328 e. The van der Waals surface area contributed by atoms with Crippen LogP contribution in [0.2, 0.25) is 0 Å². The lowest BCUT2D eigenvalue weighted by Gasteiger charge is -2.07. The summed E-state index contributed by atoms with van der Waals surface area (Å²) in [6.07, 6.45) is 1.31. The molecule has 0 aliphatic heterocycles. The van der Waals surface area contributed by atoms with Crippen molar-refractivity contribution in [3.05, 3.63) is 68.2 Å². The van der Waals surface area contributed by atoms with E-state index >= 15 is 0 Å². The van der Waals surface area contributed by atoms with Gasteiger partial charge in [-0.05, 0) is 6.07 Å². The molecule has 0 fully saturated rings. The average molecular weight is 279 g/mol. The number of aromatic amines is 1. The van der Waals surface area contributed by atoms with Crippen molar-refractivity contribution in [1.82, 2.24) is 9.55 Å². The molecule has 0 saturated carbocycles. The Hall–Kier alpha value is -2.28. The monoisotopic (exact) mass is 279 g/mol. The number of nitrogens with zero attached hydrogens (tertiary/aromatic N) is 1. The van der Waals surface area contributed by atoms with Crippen LogP contribution in [0.15, 0.2) is 40.1 Å². The third kappa shape index (κ3) is 2.94. The molecule has 7 heteroatoms. The molecule has 98 valence electrons. The third-order valence-corrected chi connectivity index (χ3v) is 2.81. The van der Waals surface area contributed by atoms with Gasteiger partial charge in [-0.2, -0.15) is 0 Å². The van der Waals surface area contributed by atoms with Gasteiger partial charge in [0, 0.05) is 23.4 Å². The van der Waals surface area contributed by atoms with E-state index in [-0.39, 0.29) is 11.5 Å². The van der Waals surface area contributed by atoms with Gasteiger partial charge in [-0.25, -0.2) is 9.18 Å². The van der Waals surface area contributed by atoms with Crippen molar-refractivity contribution in [1.29, 1.82) is 0 Å². The van der Waals surface area contributed by atoms with Crippen LogP contribution in [0.5, 0.6) is 0 Å². The summed E-state index contributed by atoms with van der Waals surface area (Å²) in [6, 6.07) is 5.50. The van der Waals surface area contributed by atoms with Crippen molar-refractivity contribution >= 4 is 17.2 Å². The summed E-state index contributed by atoms with van der Waals surface area (Å²) in [6.45, 7) is 0.0130. The molecule has 0 unspecified atom stereocenters. The fraction of sp³-hybridized carbons (Fsp3) is 0.0833. The SMILES string of the molecule is NC(=S)c1ccc(Cn2ccc(=O)[nH]c2=O)c(F)c1. The van der Waals surface area contributed by atoms with Crippen molar-refractivity contribution < 1.29 is 4.39 Å². The van der Waals surface area contributed by atoms with E-state index < -0.39 is 17.1 Å². The molecule has 0 spiro atoms. The van der Waals surface area contributed by atoms with E-state index in [1.54, 1.807) is 6.07 Å². The number of hydrogen-bond acceptors (Lipinski definition) is 3. The highest BCUT2D eigenvalue weighted by Crippen LogP contribution is 2.11. The fourth-order valence-corrected chi connectivity index (χ4v) is 1.71. The number of nitrogens with two attached hydrogens (primary N) is 1. The van der Waals surface area contributed by atoms with Gasteiger partial charge < -0.3 is 5.73 Å². The molecule has 3 N–H and O–H groups in total. The van der Waals surface area contributed by atoms with Crippen LogP contribution >= 0.6 is 12.2 Å². The second-order valence-electron chi connectivity index (χ2n) is 3.91. The zero-order valence-corrected chi connectivity index (χ0v) is 10.5. The minimum atomic E-state index is -0.592. The van der Waals surface area contributed by atoms with Crippen LogP contribution in [0.25, 0.3) is 0 Å². The van der Waals surface area contributed by atoms with Crippen LogP contribution in [0.1, 0.15) is 11.1 Å². The summed E-state index contributed by atoms with van der Waals surface area (Å²) >= 11 is 4.75. The number of aromatic nitrogens is 2. The van der Waals surface area contributed by atoms with Crippen molar-refractivity contribution in [2.24, 2.45) is 5.73 Å². The molecule has 5 nitrogen and oxygen atoms in total. The molecule has 1 aromatic heterocycles. The van der Waals surface area contributed by atoms with Crippen molar-refractivity contribution in [3.8, 4) is 0 Å². The maximum absolute atomic E-state index is 13.8. The first-order chi connectivity index (χ1) is 8.97. The fourth-order valence-electron chi connectivity index (χ4n) is 1.58. The first-order valence-electron chi connectivity index (χ1n) is 5.35. The van der Waals surface area contributed by atoms with Crippen molar-refractivity contribution in [3.63, 3.8) is 0 Å². The van der Waals surface area contributed by atoms with E-state index in [4.69, 9.17) is 18.0 Å². The quantitative estimate of drug-likeness (QED) is 0.795. The van der Waals surface area contributed by atoms with Crippen molar-refractivity contribution in [2.75, 3.05) is 0 Å². The summed E-state index contributed by atoms with van der Waals surface area (Å²) in [5, 5.41) is 0. The first kappa shape index (κ1) is 13.2. The molecular formula is C12H10FN3O2S. The number of hydrogen-bond donors (Lipinski definition) is 2. The van der Waals surface area contributed by atoms with Crippen LogP contribution in [0, 0.1) is 5.82 Å². The van der Waals surface area contributed by atoms with Gasteiger partial charge in [-0.3, -0.25) is 14.3 Å². The Kier molecular flexibility index (Phi) is 3.57. The molecular weight excluding hydrogens is 269 g/mol. The van der Waals surface area contributed by atoms with Gasteiger partial charge >= 0.3 is 5.69 Å². The summed E-state index contributed by atoms with van der Waals surface area (Å²) < 4.78 is 15.0. The summed E-state index contributed by atoms with van der Waals surface area (Å²) in [5.74, 6) is -0.511. The minimum Gasteiger partial charge on any atom is -0.389 e. The van der Waals surface area contributed by atoms with Gasteiger partial charge in [-0.15, -0.1) is 0 Å². The van der Waals surface area contributed by atoms with E-state index in [1.807, 2.05) is 0 Å². The van der Waals surface area contributed by atoms with E-state index in [0.717, 1.165) is 0 Å². The Morgan fingerprint density at radius 3 is 2.68 bits per heavy atom. The van der Waals surface area contributed by atoms with Gasteiger partial charge in [0.2, 0.25) is 0 Å². The number of halogens is 1. The van der Waals surface area contributed by atoms with Gasteiger partial charge in [0.15, 0.2) is 0 Å². The van der Waals surface area contributed by atoms with Gasteiger partial charge in [0.1, 0.15) is 10.8 Å². The zero-order valence-electron chi connectivity index (χ0n) is 9.72. The lowest BCUT2D eigenvalue weighted by molar-refractivity contribution is 0.592. The molecule has 0 radical (unpaired) electrons. The van der Waals surface area contributed by atoms with Gasteiger partial charge in [0.25, 0.3) is 5.56 Å². The lowest BCUT2D eigenvalue weighted by Crippen LogP contribution is -2.29. The Bertz CT molecular complexity index is 751. The maximum Gasteiger partial charge on any atom is 0.328 e. The highest BCUT2D eigenvalue weighted by Gasteiger charge is 2.07. The van der Waals surface area contributed by atoms with Crippen LogP contribution in [0.3, 0.4) is 0 Å². The number of nitrogens with one attached hydrogen (secondary N) is 1. The van der Waals surface area contributed by atoms with Gasteiger partial charge in [-0.1, -0.05) is 24.4 Å². The molecule has 1 aromatic carbocycles. The Balaban J connectivity index is 2.36. The molecule has 2 aromatic rings. The van der Waals surface area contributed by atoms with Crippen LogP contribution in [-0.4, -0.2) is 14.5 Å². The van der Waals surface area contributed by atoms with Gasteiger partial charge in [0.05, 0.1) is 6.54 Å². The molecule has 1 heterocycles. The number of benzene rings is 1. The predicted octanol–water partition coefficient (Wildman–Crippen LogP) is 0.358. The minimum absolute atomic E-state index is 0.0130. The first-order valence-corrected chi connectivity index (χ1v) is 5.76. The van der Waals surface area contributed by atoms with E-state index in [0.29, 0.717) is 11.1 Å². The zero-order chi connectivity index (χ0) is 14.0. The Labute approximate surface area is 112 Å². The van der Waals surface area contributed by atoms with Crippen LogP contribution < -0.4 is 17.0 Å². The topological polar surface area (TPSA) is 80.9 Å². The van der Waals surface area contributed by atoms with E-state index in [1.165, 1.54) is 29.0 Å². The predicted molar refractivity (Wildman–Crippen MR) is 72.7 cm³/mol. The lowest BCUT2D eigenvalue weighted by atomic mass is 10.1. The second kappa shape index (κ2) is 5.15. The number of rotatable bonds is 3. The van der Waals surface area contributed by atoms with E-state index in [9.17, 15) is 14.0 Å². The molecule has 19 heavy (non-hydrogen) atoms. The third-order valence-electron chi connectivity index (χ3n) is 2.58. The highest BCUT2D eigenvalue weighted by atomic mass is 32.1.